The molecule has 1 heterocycles. The van der Waals surface area contributed by atoms with E-state index in [0.717, 1.165) is 19.3 Å². The van der Waals surface area contributed by atoms with Crippen molar-refractivity contribution in [1.82, 2.24) is 5.32 Å². The highest BCUT2D eigenvalue weighted by Gasteiger charge is 2.13. The Kier molecular flexibility index (Phi) is 7.68. The summed E-state index contributed by atoms with van der Waals surface area (Å²) in [5.74, 6) is 0.150. The summed E-state index contributed by atoms with van der Waals surface area (Å²) in [5.41, 5.74) is 5.57. The van der Waals surface area contributed by atoms with Crippen LogP contribution in [0.1, 0.15) is 36.7 Å². The summed E-state index contributed by atoms with van der Waals surface area (Å²) in [6.07, 6.45) is 4.57. The molecule has 0 radical (unpaired) electrons. The van der Waals surface area contributed by atoms with Crippen molar-refractivity contribution in [3.05, 3.63) is 24.2 Å². The summed E-state index contributed by atoms with van der Waals surface area (Å²) in [6, 6.07) is 3.38. The standard InChI is InChI=1S/C11H18N2O2.ClH/c1-2-3-5-9(8-12)13-11(14)10-6-4-7-15-10;/h4,6-7,9H,2-3,5,8,12H2,1H3,(H,13,14);1H. The Hall–Kier alpha value is -1.00. The van der Waals surface area contributed by atoms with E-state index in [4.69, 9.17) is 10.2 Å². The van der Waals surface area contributed by atoms with Gasteiger partial charge in [0.15, 0.2) is 5.76 Å². The van der Waals surface area contributed by atoms with Crippen molar-refractivity contribution in [2.45, 2.75) is 32.2 Å². The Morgan fingerprint density at radius 2 is 2.38 bits per heavy atom. The predicted octanol–water partition coefficient (Wildman–Crippen LogP) is 1.95. The number of furan rings is 1. The second kappa shape index (κ2) is 8.19. The SMILES string of the molecule is CCCCC(CN)NC(=O)c1ccco1.Cl. The van der Waals surface area contributed by atoms with Crippen LogP contribution in [0, 0.1) is 0 Å². The van der Waals surface area contributed by atoms with Crippen LogP contribution in [0.4, 0.5) is 0 Å². The van der Waals surface area contributed by atoms with Crippen LogP contribution < -0.4 is 11.1 Å². The van der Waals surface area contributed by atoms with Gasteiger partial charge in [0.2, 0.25) is 0 Å². The fourth-order valence-corrected chi connectivity index (χ4v) is 1.36. The molecule has 16 heavy (non-hydrogen) atoms. The van der Waals surface area contributed by atoms with Gasteiger partial charge in [-0.15, -0.1) is 12.4 Å². The summed E-state index contributed by atoms with van der Waals surface area (Å²) >= 11 is 0. The van der Waals surface area contributed by atoms with Gasteiger partial charge in [-0.3, -0.25) is 4.79 Å². The van der Waals surface area contributed by atoms with Crippen LogP contribution in [0.5, 0.6) is 0 Å². The number of hydrogen-bond donors (Lipinski definition) is 2. The fourth-order valence-electron chi connectivity index (χ4n) is 1.36. The summed E-state index contributed by atoms with van der Waals surface area (Å²) in [6.45, 7) is 2.58. The summed E-state index contributed by atoms with van der Waals surface area (Å²) in [4.78, 5) is 11.6. The highest BCUT2D eigenvalue weighted by molar-refractivity contribution is 5.91. The average Bonchev–Trinajstić information content (AvgIpc) is 2.77. The lowest BCUT2D eigenvalue weighted by molar-refractivity contribution is 0.0907. The minimum atomic E-state index is -0.188. The highest BCUT2D eigenvalue weighted by atomic mass is 35.5. The van der Waals surface area contributed by atoms with Gasteiger partial charge in [-0.25, -0.2) is 0 Å². The van der Waals surface area contributed by atoms with Gasteiger partial charge in [0.1, 0.15) is 0 Å². The third kappa shape index (κ3) is 4.68. The largest absolute Gasteiger partial charge is 0.459 e. The molecule has 0 aliphatic rings. The van der Waals surface area contributed by atoms with E-state index in [1.54, 1.807) is 12.1 Å². The first-order valence-corrected chi connectivity index (χ1v) is 5.32. The van der Waals surface area contributed by atoms with Gasteiger partial charge in [0.25, 0.3) is 5.91 Å². The highest BCUT2D eigenvalue weighted by Crippen LogP contribution is 2.03. The smallest absolute Gasteiger partial charge is 0.287 e. The Morgan fingerprint density at radius 3 is 2.88 bits per heavy atom. The maximum absolute atomic E-state index is 11.6. The molecule has 0 aliphatic carbocycles. The molecule has 3 N–H and O–H groups in total. The molecule has 0 fully saturated rings. The Balaban J connectivity index is 0.00000225. The summed E-state index contributed by atoms with van der Waals surface area (Å²) in [7, 11) is 0. The molecule has 92 valence electrons. The molecule has 0 saturated heterocycles. The van der Waals surface area contributed by atoms with Crippen molar-refractivity contribution in [3.63, 3.8) is 0 Å². The van der Waals surface area contributed by atoms with E-state index in [-0.39, 0.29) is 24.4 Å². The van der Waals surface area contributed by atoms with Gasteiger partial charge in [-0.05, 0) is 18.6 Å². The second-order valence-electron chi connectivity index (χ2n) is 3.53. The zero-order valence-corrected chi connectivity index (χ0v) is 10.3. The van der Waals surface area contributed by atoms with Gasteiger partial charge >= 0.3 is 0 Å². The first-order chi connectivity index (χ1) is 7.27. The molecule has 0 aliphatic heterocycles. The third-order valence-corrected chi connectivity index (χ3v) is 2.27. The zero-order valence-electron chi connectivity index (χ0n) is 9.44. The quantitative estimate of drug-likeness (QED) is 0.806. The second-order valence-corrected chi connectivity index (χ2v) is 3.53. The van der Waals surface area contributed by atoms with Crippen molar-refractivity contribution in [3.8, 4) is 0 Å². The van der Waals surface area contributed by atoms with Crippen LogP contribution in [-0.4, -0.2) is 18.5 Å². The molecular weight excluding hydrogens is 228 g/mol. The number of carbonyl (C=O) groups excluding carboxylic acids is 1. The maximum Gasteiger partial charge on any atom is 0.287 e. The fraction of sp³-hybridized carbons (Fsp3) is 0.545. The van der Waals surface area contributed by atoms with Crippen molar-refractivity contribution in [2.24, 2.45) is 5.73 Å². The van der Waals surface area contributed by atoms with Crippen LogP contribution in [0.15, 0.2) is 22.8 Å². The molecule has 0 saturated carbocycles. The number of nitrogens with two attached hydrogens (primary N) is 1. The number of halogens is 1. The van der Waals surface area contributed by atoms with E-state index < -0.39 is 0 Å². The van der Waals surface area contributed by atoms with Crippen molar-refractivity contribution in [2.75, 3.05) is 6.54 Å². The molecular formula is C11H19ClN2O2. The molecule has 4 nitrogen and oxygen atoms in total. The molecule has 1 atom stereocenters. The zero-order chi connectivity index (χ0) is 11.1. The average molecular weight is 247 g/mol. The van der Waals surface area contributed by atoms with Gasteiger partial charge in [0, 0.05) is 12.6 Å². The van der Waals surface area contributed by atoms with Crippen LogP contribution in [0.25, 0.3) is 0 Å². The summed E-state index contributed by atoms with van der Waals surface area (Å²) in [5, 5.41) is 2.85. The number of unbranched alkanes of at least 4 members (excludes halogenated alkanes) is 1. The van der Waals surface area contributed by atoms with Gasteiger partial charge < -0.3 is 15.5 Å². The monoisotopic (exact) mass is 246 g/mol. The topological polar surface area (TPSA) is 68.3 Å². The minimum absolute atomic E-state index is 0. The van der Waals surface area contributed by atoms with Gasteiger partial charge in [-0.1, -0.05) is 19.8 Å². The Morgan fingerprint density at radius 1 is 1.62 bits per heavy atom. The molecule has 1 aromatic rings. The molecule has 0 spiro atoms. The van der Waals surface area contributed by atoms with Crippen LogP contribution in [0.3, 0.4) is 0 Å². The van der Waals surface area contributed by atoms with Gasteiger partial charge in [-0.2, -0.15) is 0 Å². The van der Waals surface area contributed by atoms with Crippen molar-refractivity contribution >= 4 is 18.3 Å². The molecule has 0 aromatic carbocycles. The Bertz CT molecular complexity index is 288. The molecule has 1 aromatic heterocycles. The van der Waals surface area contributed by atoms with E-state index in [0.29, 0.717) is 12.3 Å². The maximum atomic E-state index is 11.6. The lowest BCUT2D eigenvalue weighted by atomic mass is 10.1. The van der Waals surface area contributed by atoms with E-state index in [1.807, 2.05) is 0 Å². The van der Waals surface area contributed by atoms with E-state index in [9.17, 15) is 4.79 Å². The number of rotatable bonds is 6. The van der Waals surface area contributed by atoms with Gasteiger partial charge in [0.05, 0.1) is 6.26 Å². The van der Waals surface area contributed by atoms with Crippen LogP contribution in [-0.2, 0) is 0 Å². The van der Waals surface area contributed by atoms with Crippen LogP contribution >= 0.6 is 12.4 Å². The first-order valence-electron chi connectivity index (χ1n) is 5.32. The van der Waals surface area contributed by atoms with Crippen molar-refractivity contribution < 1.29 is 9.21 Å². The Labute approximate surface area is 102 Å². The van der Waals surface area contributed by atoms with Crippen LogP contribution in [0.2, 0.25) is 0 Å². The predicted molar refractivity (Wildman–Crippen MR) is 65.8 cm³/mol. The molecule has 5 heteroatoms. The number of amides is 1. The molecule has 1 unspecified atom stereocenters. The minimum Gasteiger partial charge on any atom is -0.459 e. The molecule has 1 rings (SSSR count). The summed E-state index contributed by atoms with van der Waals surface area (Å²) < 4.78 is 4.99. The van der Waals surface area contributed by atoms with E-state index in [1.165, 1.54) is 6.26 Å². The number of hydrogen-bond acceptors (Lipinski definition) is 3. The van der Waals surface area contributed by atoms with E-state index >= 15 is 0 Å². The molecule has 0 bridgehead atoms. The van der Waals surface area contributed by atoms with E-state index in [2.05, 4.69) is 12.2 Å². The lowest BCUT2D eigenvalue weighted by Crippen LogP contribution is -2.40. The number of nitrogens with one attached hydrogen (secondary N) is 1. The molecule has 1 amide bonds. The third-order valence-electron chi connectivity index (χ3n) is 2.27. The normalized spacial score (nSPS) is 11.6. The first kappa shape index (κ1) is 15.0. The lowest BCUT2D eigenvalue weighted by Gasteiger charge is -2.15. The van der Waals surface area contributed by atoms with Crippen molar-refractivity contribution in [1.29, 1.82) is 0 Å². The number of carbonyl (C=O) groups is 1.